The summed E-state index contributed by atoms with van der Waals surface area (Å²) in [5, 5.41) is 0. The SMILES string of the molecule is O=S=P(O)(O)O. The molecule has 0 atom stereocenters. The van der Waals surface area contributed by atoms with E-state index >= 15 is 0 Å². The van der Waals surface area contributed by atoms with E-state index in [4.69, 9.17) is 18.9 Å². The van der Waals surface area contributed by atoms with Gasteiger partial charge in [-0.2, -0.15) is 0 Å². The van der Waals surface area contributed by atoms with E-state index in [9.17, 15) is 0 Å². The van der Waals surface area contributed by atoms with E-state index in [1.807, 2.05) is 0 Å². The fraction of sp³-hybridized carbons (Fsp3) is 0. The number of hydrogen-bond donors (Lipinski definition) is 3. The molecule has 0 aliphatic rings. The van der Waals surface area contributed by atoms with Gasteiger partial charge in [0.25, 0.3) is 0 Å². The smallest absolute Gasteiger partial charge is 0.323 e. The molecule has 38 valence electrons. The number of rotatable bonds is 0. The van der Waals surface area contributed by atoms with Crippen molar-refractivity contribution in [3.63, 3.8) is 0 Å². The first-order valence-corrected chi connectivity index (χ1v) is 3.94. The first kappa shape index (κ1) is 6.33. The van der Waals surface area contributed by atoms with Crippen LogP contribution >= 0.6 is 6.72 Å². The maximum atomic E-state index is 9.17. The van der Waals surface area contributed by atoms with E-state index in [1.165, 1.54) is 0 Å². The lowest BCUT2D eigenvalue weighted by Crippen LogP contribution is -1.68. The van der Waals surface area contributed by atoms with Gasteiger partial charge in [0, 0.05) is 0 Å². The van der Waals surface area contributed by atoms with E-state index in [1.54, 1.807) is 0 Å². The zero-order valence-electron chi connectivity index (χ0n) is 2.61. The fourth-order valence-electron chi connectivity index (χ4n) is 0. The molecule has 0 radical (unpaired) electrons. The molecule has 6 heavy (non-hydrogen) atoms. The summed E-state index contributed by atoms with van der Waals surface area (Å²) in [4.78, 5) is 23.1. The molecule has 0 aromatic carbocycles. The van der Waals surface area contributed by atoms with Gasteiger partial charge in [-0.15, -0.1) is 0 Å². The summed E-state index contributed by atoms with van der Waals surface area (Å²) >= 11 is 0. The van der Waals surface area contributed by atoms with Gasteiger partial charge in [-0.05, 0) is 0 Å². The first-order valence-electron chi connectivity index (χ1n) is 0.949. The lowest BCUT2D eigenvalue weighted by Gasteiger charge is -1.87. The molecule has 0 saturated heterocycles. The van der Waals surface area contributed by atoms with Crippen LogP contribution in [0.15, 0.2) is 0 Å². The van der Waals surface area contributed by atoms with Crippen molar-refractivity contribution in [3.05, 3.63) is 0 Å². The summed E-state index contributed by atoms with van der Waals surface area (Å²) in [7, 11) is -0.590. The van der Waals surface area contributed by atoms with Crippen LogP contribution in [-0.4, -0.2) is 18.9 Å². The van der Waals surface area contributed by atoms with Gasteiger partial charge in [0.05, 0.1) is 0 Å². The molecule has 0 fully saturated rings. The summed E-state index contributed by atoms with van der Waals surface area (Å²) in [5.74, 6) is 0. The summed E-state index contributed by atoms with van der Waals surface area (Å²) in [6.07, 6.45) is 0. The Morgan fingerprint density at radius 1 is 1.33 bits per heavy atom. The second-order valence-corrected chi connectivity index (χ2v) is 3.68. The highest BCUT2D eigenvalue weighted by molar-refractivity contribution is 8.09. The van der Waals surface area contributed by atoms with Crippen molar-refractivity contribution >= 4 is 17.6 Å². The van der Waals surface area contributed by atoms with E-state index in [2.05, 4.69) is 0 Å². The summed E-state index contributed by atoms with van der Waals surface area (Å²) < 4.78 is 9.17. The lowest BCUT2D eigenvalue weighted by molar-refractivity contribution is 0.362. The third-order valence-electron chi connectivity index (χ3n) is 0.100. The van der Waals surface area contributed by atoms with Crippen LogP contribution in [0.4, 0.5) is 0 Å². The molecule has 0 aliphatic heterocycles. The predicted octanol–water partition coefficient (Wildman–Crippen LogP) is -1.15. The minimum atomic E-state index is -4.04. The molecule has 0 heterocycles. The first-order chi connectivity index (χ1) is 2.56. The molecule has 0 aromatic heterocycles. The second-order valence-electron chi connectivity index (χ2n) is 0.588. The van der Waals surface area contributed by atoms with Crippen LogP contribution in [-0.2, 0) is 10.8 Å². The normalized spacial score (nSPS) is 11.2. The highest BCUT2D eigenvalue weighted by atomic mass is 32.5. The predicted molar refractivity (Wildman–Crippen MR) is 21.7 cm³/mol. The Labute approximate surface area is 37.4 Å². The molecule has 3 N–H and O–H groups in total. The van der Waals surface area contributed by atoms with E-state index in [0.29, 0.717) is 0 Å². The Bertz CT molecular complexity index is 96.5. The third-order valence-corrected chi connectivity index (χ3v) is 0.900. The van der Waals surface area contributed by atoms with Crippen molar-refractivity contribution in [1.82, 2.24) is 0 Å². The van der Waals surface area contributed by atoms with Crippen LogP contribution in [0.2, 0.25) is 0 Å². The zero-order chi connectivity index (χ0) is 5.21. The molecule has 0 amide bonds. The summed E-state index contributed by atoms with van der Waals surface area (Å²) in [6, 6.07) is 0. The molecule has 0 aliphatic carbocycles. The molecule has 0 saturated carbocycles. The topological polar surface area (TPSA) is 77.8 Å². The van der Waals surface area contributed by atoms with Crippen LogP contribution in [0.1, 0.15) is 0 Å². The average Bonchev–Trinajstić information content (AvgIpc) is 1.35. The van der Waals surface area contributed by atoms with Gasteiger partial charge in [-0.1, -0.05) is 0 Å². The van der Waals surface area contributed by atoms with Crippen molar-refractivity contribution in [2.24, 2.45) is 0 Å². The molecule has 0 aromatic rings. The van der Waals surface area contributed by atoms with Crippen molar-refractivity contribution in [2.75, 3.05) is 0 Å². The van der Waals surface area contributed by atoms with Crippen molar-refractivity contribution in [3.8, 4) is 0 Å². The van der Waals surface area contributed by atoms with E-state index in [0.717, 1.165) is 0 Å². The maximum Gasteiger partial charge on any atom is 0.347 e. The van der Waals surface area contributed by atoms with Crippen LogP contribution < -0.4 is 0 Å². The van der Waals surface area contributed by atoms with Crippen LogP contribution in [0, 0.1) is 0 Å². The minimum absolute atomic E-state index is 0.590. The van der Waals surface area contributed by atoms with E-state index < -0.39 is 17.6 Å². The third kappa shape index (κ3) is 4.33. The largest absolute Gasteiger partial charge is 0.347 e. The van der Waals surface area contributed by atoms with Gasteiger partial charge in [0.15, 0.2) is 10.8 Å². The molecule has 0 bridgehead atoms. The Hall–Kier alpha value is 0.330. The van der Waals surface area contributed by atoms with Crippen LogP contribution in [0.5, 0.6) is 0 Å². The molecule has 4 nitrogen and oxygen atoms in total. The van der Waals surface area contributed by atoms with Gasteiger partial charge in [-0.3, -0.25) is 0 Å². The molecule has 0 spiro atoms. The van der Waals surface area contributed by atoms with Crippen LogP contribution in [0.3, 0.4) is 0 Å². The second kappa shape index (κ2) is 1.86. The van der Waals surface area contributed by atoms with Crippen molar-refractivity contribution in [2.45, 2.75) is 0 Å². The molecular formula is H3O4PS. The fourth-order valence-corrected chi connectivity index (χ4v) is 0. The zero-order valence-corrected chi connectivity index (χ0v) is 4.32. The average molecular weight is 130 g/mol. The standard InChI is InChI=1S/H3O4PS/c1-5(2,3)6-4/h1-3H. The lowest BCUT2D eigenvalue weighted by atomic mass is 15.8. The Kier molecular flexibility index (Phi) is 1.96. The molecular weight excluding hydrogens is 127 g/mol. The quantitative estimate of drug-likeness (QED) is 0.362. The molecule has 0 rings (SSSR count). The van der Waals surface area contributed by atoms with Gasteiger partial charge < -0.3 is 14.7 Å². The van der Waals surface area contributed by atoms with Gasteiger partial charge in [0.2, 0.25) is 0 Å². The Morgan fingerprint density at radius 3 is 1.50 bits per heavy atom. The van der Waals surface area contributed by atoms with Gasteiger partial charge >= 0.3 is 6.72 Å². The molecule has 6 heteroatoms. The van der Waals surface area contributed by atoms with Crippen LogP contribution in [0.25, 0.3) is 0 Å². The van der Waals surface area contributed by atoms with Crippen molar-refractivity contribution < 1.29 is 18.9 Å². The maximum absolute atomic E-state index is 9.17. The minimum Gasteiger partial charge on any atom is -0.323 e. The highest BCUT2D eigenvalue weighted by Gasteiger charge is 1.97. The molecule has 0 unspecified atom stereocenters. The highest BCUT2D eigenvalue weighted by Crippen LogP contribution is 2.27. The summed E-state index contributed by atoms with van der Waals surface area (Å²) in [5.41, 5.74) is 0. The van der Waals surface area contributed by atoms with Gasteiger partial charge in [0.1, 0.15) is 0 Å². The summed E-state index contributed by atoms with van der Waals surface area (Å²) in [6.45, 7) is -4.04. The monoisotopic (exact) mass is 130 g/mol. The number of hydrogen-bond acceptors (Lipinski definition) is 1. The Balaban J connectivity index is 4.21. The van der Waals surface area contributed by atoms with E-state index in [-0.39, 0.29) is 0 Å². The Morgan fingerprint density at radius 2 is 1.50 bits per heavy atom. The van der Waals surface area contributed by atoms with Gasteiger partial charge in [-0.25, -0.2) is 4.21 Å². The van der Waals surface area contributed by atoms with Crippen molar-refractivity contribution in [1.29, 1.82) is 0 Å².